The van der Waals surface area contributed by atoms with Gasteiger partial charge in [-0.05, 0) is 81.7 Å². The van der Waals surface area contributed by atoms with Crippen LogP contribution in [0.4, 0.5) is 4.39 Å². The molecular formula is C17H18BrFIN. The first-order valence-electron chi connectivity index (χ1n) is 7.03. The van der Waals surface area contributed by atoms with E-state index in [1.807, 2.05) is 12.1 Å². The first-order valence-corrected chi connectivity index (χ1v) is 8.90. The van der Waals surface area contributed by atoms with Crippen molar-refractivity contribution in [2.24, 2.45) is 0 Å². The molecule has 0 bridgehead atoms. The Morgan fingerprint density at radius 1 is 1.19 bits per heavy atom. The molecule has 21 heavy (non-hydrogen) atoms. The Labute approximate surface area is 147 Å². The summed E-state index contributed by atoms with van der Waals surface area (Å²) in [5, 5.41) is 3.45. The highest BCUT2D eigenvalue weighted by molar-refractivity contribution is 14.1. The summed E-state index contributed by atoms with van der Waals surface area (Å²) in [4.78, 5) is 0. The van der Waals surface area contributed by atoms with Gasteiger partial charge in [-0.3, -0.25) is 0 Å². The molecule has 4 heteroatoms. The van der Waals surface area contributed by atoms with E-state index in [9.17, 15) is 4.39 Å². The fourth-order valence-corrected chi connectivity index (χ4v) is 3.00. The Morgan fingerprint density at radius 2 is 1.90 bits per heavy atom. The van der Waals surface area contributed by atoms with Gasteiger partial charge in [0.1, 0.15) is 5.82 Å². The maximum absolute atomic E-state index is 14.4. The van der Waals surface area contributed by atoms with Crippen LogP contribution in [0.15, 0.2) is 46.9 Å². The molecule has 0 aliphatic rings. The van der Waals surface area contributed by atoms with E-state index in [1.54, 1.807) is 6.07 Å². The second-order valence-corrected chi connectivity index (χ2v) is 7.08. The molecule has 0 heterocycles. The zero-order valence-electron chi connectivity index (χ0n) is 11.9. The van der Waals surface area contributed by atoms with Crippen LogP contribution in [0.2, 0.25) is 0 Å². The van der Waals surface area contributed by atoms with Gasteiger partial charge < -0.3 is 5.32 Å². The summed E-state index contributed by atoms with van der Waals surface area (Å²) in [6, 6.07) is 13.9. The molecule has 2 aromatic carbocycles. The lowest BCUT2D eigenvalue weighted by atomic mass is 9.98. The molecule has 1 atom stereocenters. The van der Waals surface area contributed by atoms with Crippen LogP contribution in [-0.4, -0.2) is 6.54 Å². The summed E-state index contributed by atoms with van der Waals surface area (Å²) in [5.74, 6) is -0.170. The van der Waals surface area contributed by atoms with Gasteiger partial charge in [0.25, 0.3) is 0 Å². The first kappa shape index (κ1) is 16.9. The van der Waals surface area contributed by atoms with Gasteiger partial charge >= 0.3 is 0 Å². The van der Waals surface area contributed by atoms with Crippen molar-refractivity contribution in [3.05, 3.63) is 67.5 Å². The second-order valence-electron chi connectivity index (χ2n) is 4.98. The molecule has 1 unspecified atom stereocenters. The summed E-state index contributed by atoms with van der Waals surface area (Å²) in [5.41, 5.74) is 1.93. The fourth-order valence-electron chi connectivity index (χ4n) is 2.26. The largest absolute Gasteiger partial charge is 0.310 e. The SMILES string of the molecule is CCCNC(Cc1ccc(I)cc1)c1cccc(Br)c1F. The number of hydrogen-bond acceptors (Lipinski definition) is 1. The Balaban J connectivity index is 2.25. The standard InChI is InChI=1S/C17H18BrFIN/c1-2-10-21-16(11-12-6-8-13(20)9-7-12)14-4-3-5-15(18)17(14)19/h3-9,16,21H,2,10-11H2,1H3. The fraction of sp³-hybridized carbons (Fsp3) is 0.294. The van der Waals surface area contributed by atoms with Gasteiger partial charge in [0, 0.05) is 15.2 Å². The van der Waals surface area contributed by atoms with Gasteiger partial charge in [-0.15, -0.1) is 0 Å². The molecule has 1 nitrogen and oxygen atoms in total. The zero-order valence-corrected chi connectivity index (χ0v) is 15.6. The van der Waals surface area contributed by atoms with Crippen LogP contribution in [0.25, 0.3) is 0 Å². The number of halogens is 3. The van der Waals surface area contributed by atoms with Crippen LogP contribution < -0.4 is 5.32 Å². The monoisotopic (exact) mass is 461 g/mol. The summed E-state index contributed by atoms with van der Waals surface area (Å²) in [7, 11) is 0. The smallest absolute Gasteiger partial charge is 0.142 e. The maximum Gasteiger partial charge on any atom is 0.142 e. The predicted molar refractivity (Wildman–Crippen MR) is 98.0 cm³/mol. The van der Waals surface area contributed by atoms with Crippen molar-refractivity contribution in [2.45, 2.75) is 25.8 Å². The molecule has 0 spiro atoms. The Morgan fingerprint density at radius 3 is 2.57 bits per heavy atom. The van der Waals surface area contributed by atoms with Gasteiger partial charge in [-0.1, -0.05) is 31.2 Å². The summed E-state index contributed by atoms with van der Waals surface area (Å²) in [6.45, 7) is 2.99. The Hall–Kier alpha value is -0.460. The van der Waals surface area contributed by atoms with E-state index >= 15 is 0 Å². The Bertz CT molecular complexity index is 586. The van der Waals surface area contributed by atoms with Crippen molar-refractivity contribution in [1.82, 2.24) is 5.32 Å². The average Bonchev–Trinajstić information content (AvgIpc) is 2.48. The minimum Gasteiger partial charge on any atom is -0.310 e. The quantitative estimate of drug-likeness (QED) is 0.562. The topological polar surface area (TPSA) is 12.0 Å². The van der Waals surface area contributed by atoms with E-state index in [-0.39, 0.29) is 11.9 Å². The molecule has 0 radical (unpaired) electrons. The third-order valence-electron chi connectivity index (χ3n) is 3.35. The van der Waals surface area contributed by atoms with E-state index in [1.165, 1.54) is 9.13 Å². The van der Waals surface area contributed by atoms with E-state index in [0.717, 1.165) is 24.9 Å². The van der Waals surface area contributed by atoms with Crippen molar-refractivity contribution in [3.8, 4) is 0 Å². The highest BCUT2D eigenvalue weighted by Gasteiger charge is 2.17. The lowest BCUT2D eigenvalue weighted by Gasteiger charge is -2.20. The number of nitrogens with one attached hydrogen (secondary N) is 1. The van der Waals surface area contributed by atoms with Crippen LogP contribution >= 0.6 is 38.5 Å². The molecule has 0 saturated heterocycles. The molecule has 2 aromatic rings. The van der Waals surface area contributed by atoms with E-state index < -0.39 is 0 Å². The number of rotatable bonds is 6. The van der Waals surface area contributed by atoms with Gasteiger partial charge in [-0.2, -0.15) is 0 Å². The molecule has 0 aliphatic heterocycles. The zero-order chi connectivity index (χ0) is 15.2. The summed E-state index contributed by atoms with van der Waals surface area (Å²) >= 11 is 5.57. The third kappa shape index (κ3) is 4.76. The van der Waals surface area contributed by atoms with Crippen molar-refractivity contribution < 1.29 is 4.39 Å². The van der Waals surface area contributed by atoms with Crippen LogP contribution in [0.3, 0.4) is 0 Å². The van der Waals surface area contributed by atoms with E-state index in [0.29, 0.717) is 4.47 Å². The lowest BCUT2D eigenvalue weighted by molar-refractivity contribution is 0.495. The molecular weight excluding hydrogens is 444 g/mol. The van der Waals surface area contributed by atoms with Crippen LogP contribution in [-0.2, 0) is 6.42 Å². The molecule has 2 rings (SSSR count). The average molecular weight is 462 g/mol. The molecule has 0 aromatic heterocycles. The van der Waals surface area contributed by atoms with Crippen molar-refractivity contribution in [3.63, 3.8) is 0 Å². The van der Waals surface area contributed by atoms with E-state index in [2.05, 4.69) is 75.0 Å². The van der Waals surface area contributed by atoms with Crippen molar-refractivity contribution in [2.75, 3.05) is 6.54 Å². The first-order chi connectivity index (χ1) is 10.1. The lowest BCUT2D eigenvalue weighted by Crippen LogP contribution is -2.25. The van der Waals surface area contributed by atoms with Gasteiger partial charge in [-0.25, -0.2) is 4.39 Å². The normalized spacial score (nSPS) is 12.4. The van der Waals surface area contributed by atoms with Crippen LogP contribution in [0.1, 0.15) is 30.5 Å². The maximum atomic E-state index is 14.4. The van der Waals surface area contributed by atoms with Gasteiger partial charge in [0.15, 0.2) is 0 Å². The number of benzene rings is 2. The third-order valence-corrected chi connectivity index (χ3v) is 4.68. The van der Waals surface area contributed by atoms with Crippen molar-refractivity contribution >= 4 is 38.5 Å². The summed E-state index contributed by atoms with van der Waals surface area (Å²) < 4.78 is 16.1. The van der Waals surface area contributed by atoms with Crippen LogP contribution in [0, 0.1) is 9.39 Å². The van der Waals surface area contributed by atoms with E-state index in [4.69, 9.17) is 0 Å². The molecule has 1 N–H and O–H groups in total. The molecule has 0 amide bonds. The number of hydrogen-bond donors (Lipinski definition) is 1. The van der Waals surface area contributed by atoms with Crippen molar-refractivity contribution in [1.29, 1.82) is 0 Å². The van der Waals surface area contributed by atoms with Gasteiger partial charge in [0.05, 0.1) is 4.47 Å². The van der Waals surface area contributed by atoms with Crippen LogP contribution in [0.5, 0.6) is 0 Å². The highest BCUT2D eigenvalue weighted by atomic mass is 127. The minimum absolute atomic E-state index is 0.0116. The molecule has 112 valence electrons. The molecule has 0 aliphatic carbocycles. The summed E-state index contributed by atoms with van der Waals surface area (Å²) in [6.07, 6.45) is 1.81. The second kappa shape index (κ2) is 8.25. The highest BCUT2D eigenvalue weighted by Crippen LogP contribution is 2.26. The predicted octanol–water partition coefficient (Wildman–Crippen LogP) is 5.48. The molecule has 0 saturated carbocycles. The minimum atomic E-state index is -0.170. The van der Waals surface area contributed by atoms with Gasteiger partial charge in [0.2, 0.25) is 0 Å². The molecule has 0 fully saturated rings. The Kier molecular flexibility index (Phi) is 6.64.